The Kier molecular flexibility index (Phi) is 8.10. The Morgan fingerprint density at radius 1 is 1.18 bits per heavy atom. The average molecular weight is 539 g/mol. The van der Waals surface area contributed by atoms with Crippen molar-refractivity contribution in [1.82, 2.24) is 24.7 Å². The number of aryl methyl sites for hydroxylation is 1. The first-order valence-electron chi connectivity index (χ1n) is 13.2. The van der Waals surface area contributed by atoms with Crippen LogP contribution in [0.2, 0.25) is 0 Å². The summed E-state index contributed by atoms with van der Waals surface area (Å²) in [6.45, 7) is 6.07. The number of halogens is 1. The molecule has 2 N–H and O–H groups in total. The van der Waals surface area contributed by atoms with Crippen molar-refractivity contribution in [3.05, 3.63) is 48.0 Å². The molecule has 208 valence electrons. The molecule has 5 rings (SSSR count). The molecule has 2 atom stereocenters. The van der Waals surface area contributed by atoms with Crippen molar-refractivity contribution in [2.45, 2.75) is 25.5 Å². The zero-order chi connectivity index (χ0) is 27.5. The van der Waals surface area contributed by atoms with Gasteiger partial charge >= 0.3 is 0 Å². The molecule has 1 aromatic heterocycles. The molecule has 0 bridgehead atoms. The lowest BCUT2D eigenvalue weighted by Gasteiger charge is -2.33. The van der Waals surface area contributed by atoms with Crippen molar-refractivity contribution >= 4 is 28.3 Å². The Hall–Kier alpha value is -3.54. The maximum absolute atomic E-state index is 13.8. The number of anilines is 2. The lowest BCUT2D eigenvalue weighted by Crippen LogP contribution is -2.50. The molecule has 0 unspecified atom stereocenters. The number of nitrogens with one attached hydrogen (secondary N) is 1. The van der Waals surface area contributed by atoms with E-state index in [1.165, 1.54) is 12.4 Å². The maximum atomic E-state index is 13.8. The van der Waals surface area contributed by atoms with E-state index in [-0.39, 0.29) is 24.4 Å². The lowest BCUT2D eigenvalue weighted by molar-refractivity contribution is -0.134. The third kappa shape index (κ3) is 6.21. The van der Waals surface area contributed by atoms with Crippen LogP contribution in [0.5, 0.6) is 11.5 Å². The van der Waals surface area contributed by atoms with Gasteiger partial charge in [0.25, 0.3) is 0 Å². The molecule has 10 nitrogen and oxygen atoms in total. The lowest BCUT2D eigenvalue weighted by atomic mass is 10.1. The van der Waals surface area contributed by atoms with Gasteiger partial charge in [-0.1, -0.05) is 0 Å². The van der Waals surface area contributed by atoms with Gasteiger partial charge in [-0.2, -0.15) is 0 Å². The SMILES string of the molecule is COc1cc(OC[C@H]2C[C@H](O)CN2C(=O)CN2CCN(C)CC2)c2c(Nc3ccc(F)c(C)c3)ncnc2c1. The van der Waals surface area contributed by atoms with Crippen molar-refractivity contribution in [3.8, 4) is 11.5 Å². The number of likely N-dealkylation sites (N-methyl/N-ethyl adjacent to an activating group) is 1. The highest BCUT2D eigenvalue weighted by Gasteiger charge is 2.35. The first kappa shape index (κ1) is 27.0. The highest BCUT2D eigenvalue weighted by Crippen LogP contribution is 2.36. The number of β-amino-alcohol motifs (C(OH)–C–C–N with tert-alkyl or cyclic N) is 1. The summed E-state index contributed by atoms with van der Waals surface area (Å²) in [5, 5.41) is 14.3. The monoisotopic (exact) mass is 538 g/mol. The Morgan fingerprint density at radius 2 is 1.97 bits per heavy atom. The minimum absolute atomic E-state index is 0.00225. The first-order valence-corrected chi connectivity index (χ1v) is 13.2. The van der Waals surface area contributed by atoms with Crippen LogP contribution in [0.3, 0.4) is 0 Å². The zero-order valence-electron chi connectivity index (χ0n) is 22.6. The summed E-state index contributed by atoms with van der Waals surface area (Å²) in [5.41, 5.74) is 1.79. The fourth-order valence-corrected chi connectivity index (χ4v) is 5.14. The van der Waals surface area contributed by atoms with E-state index in [2.05, 4.69) is 32.1 Å². The number of hydrogen-bond acceptors (Lipinski definition) is 9. The van der Waals surface area contributed by atoms with Gasteiger partial charge in [-0.05, 0) is 44.2 Å². The molecule has 3 aromatic rings. The molecular weight excluding hydrogens is 503 g/mol. The van der Waals surface area contributed by atoms with Crippen LogP contribution < -0.4 is 14.8 Å². The summed E-state index contributed by atoms with van der Waals surface area (Å²) < 4.78 is 25.6. The number of aliphatic hydroxyl groups excluding tert-OH is 1. The Morgan fingerprint density at radius 3 is 2.72 bits per heavy atom. The summed E-state index contributed by atoms with van der Waals surface area (Å²) in [6, 6.07) is 8.02. The van der Waals surface area contributed by atoms with Crippen molar-refractivity contribution in [1.29, 1.82) is 0 Å². The van der Waals surface area contributed by atoms with Gasteiger partial charge in [0.05, 0.1) is 36.7 Å². The molecule has 0 aliphatic carbocycles. The molecule has 39 heavy (non-hydrogen) atoms. The number of aliphatic hydroxyl groups is 1. The van der Waals surface area contributed by atoms with Crippen LogP contribution in [0.1, 0.15) is 12.0 Å². The van der Waals surface area contributed by atoms with Crippen LogP contribution in [-0.4, -0.2) is 108 Å². The number of carbonyl (C=O) groups is 1. The second-order valence-electron chi connectivity index (χ2n) is 10.3. The number of nitrogens with zero attached hydrogens (tertiary/aromatic N) is 5. The Labute approximate surface area is 227 Å². The van der Waals surface area contributed by atoms with E-state index < -0.39 is 6.10 Å². The number of ether oxygens (including phenoxy) is 2. The topological polar surface area (TPSA) is 103 Å². The standard InChI is InChI=1S/C28H35FN6O4/c1-18-10-19(4-5-23(18)29)32-28-27-24(30-17-31-28)12-22(38-3)13-25(27)39-16-20-11-21(36)14-35(20)26(37)15-34-8-6-33(2)7-9-34/h4-5,10,12-13,17,20-21,36H,6-9,11,14-16H2,1-3H3,(H,30,31,32)/t20-,21+/m1/s1. The number of hydrogen-bond donors (Lipinski definition) is 2. The molecule has 0 radical (unpaired) electrons. The van der Waals surface area contributed by atoms with E-state index in [1.54, 1.807) is 43.2 Å². The maximum Gasteiger partial charge on any atom is 0.237 e. The number of aromatic nitrogens is 2. The van der Waals surface area contributed by atoms with Crippen molar-refractivity contribution in [2.24, 2.45) is 0 Å². The fourth-order valence-electron chi connectivity index (χ4n) is 5.14. The zero-order valence-corrected chi connectivity index (χ0v) is 22.6. The highest BCUT2D eigenvalue weighted by molar-refractivity contribution is 5.96. The molecule has 0 saturated carbocycles. The van der Waals surface area contributed by atoms with Crippen LogP contribution in [-0.2, 0) is 4.79 Å². The normalized spacial score (nSPS) is 20.4. The molecule has 0 spiro atoms. The number of amides is 1. The molecule has 2 aliphatic rings. The summed E-state index contributed by atoms with van der Waals surface area (Å²) >= 11 is 0. The largest absolute Gasteiger partial charge is 0.497 e. The van der Waals surface area contributed by atoms with E-state index in [1.807, 2.05) is 0 Å². The quantitative estimate of drug-likeness (QED) is 0.448. The van der Waals surface area contributed by atoms with Gasteiger partial charge < -0.3 is 29.7 Å². The first-order chi connectivity index (χ1) is 18.8. The van der Waals surface area contributed by atoms with E-state index in [4.69, 9.17) is 9.47 Å². The third-order valence-electron chi connectivity index (χ3n) is 7.43. The molecule has 11 heteroatoms. The number of benzene rings is 2. The molecule has 3 heterocycles. The fraction of sp³-hybridized carbons (Fsp3) is 0.464. The summed E-state index contributed by atoms with van der Waals surface area (Å²) in [7, 11) is 3.65. The number of rotatable bonds is 8. The predicted molar refractivity (Wildman–Crippen MR) is 146 cm³/mol. The minimum atomic E-state index is -0.598. The van der Waals surface area contributed by atoms with Crippen LogP contribution in [0.25, 0.3) is 10.9 Å². The van der Waals surface area contributed by atoms with Gasteiger partial charge in [-0.15, -0.1) is 0 Å². The van der Waals surface area contributed by atoms with E-state index in [0.29, 0.717) is 59.0 Å². The number of methoxy groups -OCH3 is 1. The smallest absolute Gasteiger partial charge is 0.237 e. The second kappa shape index (κ2) is 11.7. The minimum Gasteiger partial charge on any atom is -0.497 e. The van der Waals surface area contributed by atoms with Crippen molar-refractivity contribution in [3.63, 3.8) is 0 Å². The number of fused-ring (bicyclic) bond motifs is 1. The van der Waals surface area contributed by atoms with E-state index in [9.17, 15) is 14.3 Å². The molecular formula is C28H35FN6O4. The van der Waals surface area contributed by atoms with Crippen LogP contribution in [0, 0.1) is 12.7 Å². The van der Waals surface area contributed by atoms with E-state index in [0.717, 1.165) is 26.2 Å². The van der Waals surface area contributed by atoms with Crippen LogP contribution in [0.4, 0.5) is 15.9 Å². The van der Waals surface area contributed by atoms with Crippen LogP contribution >= 0.6 is 0 Å². The summed E-state index contributed by atoms with van der Waals surface area (Å²) in [5.74, 6) is 1.26. The number of piperazine rings is 1. The highest BCUT2D eigenvalue weighted by atomic mass is 19.1. The summed E-state index contributed by atoms with van der Waals surface area (Å²) in [6.07, 6.45) is 1.28. The molecule has 2 aliphatic heterocycles. The van der Waals surface area contributed by atoms with Gasteiger partial charge in [0, 0.05) is 50.5 Å². The van der Waals surface area contributed by atoms with Gasteiger partial charge in [-0.25, -0.2) is 14.4 Å². The molecule has 2 aromatic carbocycles. The molecule has 2 saturated heterocycles. The predicted octanol–water partition coefficient (Wildman–Crippen LogP) is 2.42. The Bertz CT molecular complexity index is 1330. The van der Waals surface area contributed by atoms with Crippen LogP contribution in [0.15, 0.2) is 36.7 Å². The second-order valence-corrected chi connectivity index (χ2v) is 10.3. The number of carbonyl (C=O) groups excluding carboxylic acids is 1. The van der Waals surface area contributed by atoms with Gasteiger partial charge in [0.1, 0.15) is 36.1 Å². The van der Waals surface area contributed by atoms with Crippen molar-refractivity contribution < 1.29 is 23.8 Å². The third-order valence-corrected chi connectivity index (χ3v) is 7.43. The molecule has 1 amide bonds. The van der Waals surface area contributed by atoms with E-state index >= 15 is 0 Å². The number of likely N-dealkylation sites (tertiary alicyclic amines) is 1. The molecule has 2 fully saturated rings. The van der Waals surface area contributed by atoms with Crippen molar-refractivity contribution in [2.75, 3.05) is 65.3 Å². The van der Waals surface area contributed by atoms with Gasteiger partial charge in [0.15, 0.2) is 0 Å². The van der Waals surface area contributed by atoms with Gasteiger partial charge in [-0.3, -0.25) is 9.69 Å². The van der Waals surface area contributed by atoms with Gasteiger partial charge in [0.2, 0.25) is 5.91 Å². The Balaban J connectivity index is 1.36. The average Bonchev–Trinajstić information content (AvgIpc) is 3.31. The summed E-state index contributed by atoms with van der Waals surface area (Å²) in [4.78, 5) is 28.2.